The molecule has 0 amide bonds. The summed E-state index contributed by atoms with van der Waals surface area (Å²) in [6.07, 6.45) is 0. The smallest absolute Gasteiger partial charge is 0.142 e. The van der Waals surface area contributed by atoms with Crippen molar-refractivity contribution in [3.63, 3.8) is 0 Å². The van der Waals surface area contributed by atoms with Crippen LogP contribution in [0.3, 0.4) is 0 Å². The molecule has 1 saturated heterocycles. The van der Waals surface area contributed by atoms with Crippen LogP contribution in [-0.2, 0) is 4.74 Å². The Hall–Kier alpha value is -0.0800. The minimum Gasteiger partial charge on any atom is -0.354 e. The van der Waals surface area contributed by atoms with E-state index in [-0.39, 0.29) is 5.72 Å². The van der Waals surface area contributed by atoms with Crippen molar-refractivity contribution in [1.29, 1.82) is 0 Å². The molecule has 1 heterocycles. The van der Waals surface area contributed by atoms with Gasteiger partial charge in [0.05, 0.1) is 6.61 Å². The fraction of sp³-hybridized carbons (Fsp3) is 1.00. The first-order valence-electron chi connectivity index (χ1n) is 3.04. The molecule has 0 saturated carbocycles. The molecule has 0 N–H and O–H groups in total. The molecule has 1 aliphatic rings. The lowest BCUT2D eigenvalue weighted by molar-refractivity contribution is 0.128. The van der Waals surface area contributed by atoms with Gasteiger partial charge in [-0.3, -0.25) is 4.90 Å². The first-order chi connectivity index (χ1) is 3.69. The van der Waals surface area contributed by atoms with Gasteiger partial charge < -0.3 is 4.74 Å². The summed E-state index contributed by atoms with van der Waals surface area (Å²) in [4.78, 5) is 2.20. The number of hydrogen-bond donors (Lipinski definition) is 0. The molecule has 2 nitrogen and oxygen atoms in total. The lowest BCUT2D eigenvalue weighted by Crippen LogP contribution is -2.31. The summed E-state index contributed by atoms with van der Waals surface area (Å²) in [6, 6.07) is 0. The summed E-state index contributed by atoms with van der Waals surface area (Å²) in [5, 5.41) is 0. The van der Waals surface area contributed by atoms with E-state index < -0.39 is 0 Å². The Bertz CT molecular complexity index is 88.5. The molecule has 1 atom stereocenters. The molecular formula is C6H13NO. The van der Waals surface area contributed by atoms with Gasteiger partial charge in [-0.05, 0) is 20.5 Å². The number of nitrogens with zero attached hydrogens (tertiary/aromatic N) is 1. The maximum atomic E-state index is 5.17. The van der Waals surface area contributed by atoms with E-state index in [0.717, 1.165) is 13.2 Å². The van der Waals surface area contributed by atoms with Crippen LogP contribution in [-0.4, -0.2) is 30.8 Å². The van der Waals surface area contributed by atoms with E-state index in [4.69, 9.17) is 4.74 Å². The lowest BCUT2D eigenvalue weighted by Gasteiger charge is -2.17. The standard InChI is InChI=1S/C6H13NO/c1-4-7(3)6(2)5-8-6/h4-5H2,1-3H3. The van der Waals surface area contributed by atoms with E-state index in [9.17, 15) is 0 Å². The maximum absolute atomic E-state index is 5.17. The average molecular weight is 115 g/mol. The van der Waals surface area contributed by atoms with Crippen molar-refractivity contribution >= 4 is 0 Å². The average Bonchev–Trinajstić information content (AvgIpc) is 2.47. The Labute approximate surface area is 50.4 Å². The molecule has 48 valence electrons. The van der Waals surface area contributed by atoms with Crippen LogP contribution in [0.2, 0.25) is 0 Å². The van der Waals surface area contributed by atoms with Gasteiger partial charge in [-0.1, -0.05) is 6.92 Å². The van der Waals surface area contributed by atoms with E-state index in [1.807, 2.05) is 0 Å². The second-order valence-corrected chi connectivity index (χ2v) is 2.48. The lowest BCUT2D eigenvalue weighted by atomic mass is 10.3. The monoisotopic (exact) mass is 115 g/mol. The summed E-state index contributed by atoms with van der Waals surface area (Å²) in [7, 11) is 2.08. The van der Waals surface area contributed by atoms with Crippen molar-refractivity contribution in [3.8, 4) is 0 Å². The van der Waals surface area contributed by atoms with Gasteiger partial charge in [-0.2, -0.15) is 0 Å². The van der Waals surface area contributed by atoms with Crippen LogP contribution in [0.4, 0.5) is 0 Å². The molecule has 1 rings (SSSR count). The van der Waals surface area contributed by atoms with Crippen molar-refractivity contribution in [1.82, 2.24) is 4.90 Å². The van der Waals surface area contributed by atoms with Crippen molar-refractivity contribution in [3.05, 3.63) is 0 Å². The van der Waals surface area contributed by atoms with E-state index in [1.165, 1.54) is 0 Å². The van der Waals surface area contributed by atoms with Gasteiger partial charge in [0.25, 0.3) is 0 Å². The number of rotatable bonds is 2. The van der Waals surface area contributed by atoms with Gasteiger partial charge in [0.15, 0.2) is 0 Å². The van der Waals surface area contributed by atoms with Crippen LogP contribution in [0, 0.1) is 0 Å². The number of ether oxygens (including phenoxy) is 1. The third-order valence-electron chi connectivity index (χ3n) is 1.84. The maximum Gasteiger partial charge on any atom is 0.142 e. The highest BCUT2D eigenvalue weighted by molar-refractivity contribution is 4.84. The highest BCUT2D eigenvalue weighted by atomic mass is 16.6. The molecule has 0 radical (unpaired) electrons. The van der Waals surface area contributed by atoms with Crippen LogP contribution < -0.4 is 0 Å². The van der Waals surface area contributed by atoms with Gasteiger partial charge in [-0.25, -0.2) is 0 Å². The quantitative estimate of drug-likeness (QED) is 0.492. The molecule has 0 aromatic rings. The van der Waals surface area contributed by atoms with Crippen LogP contribution >= 0.6 is 0 Å². The SMILES string of the molecule is CCN(C)C1(C)CO1. The van der Waals surface area contributed by atoms with Gasteiger partial charge in [0, 0.05) is 0 Å². The Morgan fingerprint density at radius 3 is 2.38 bits per heavy atom. The molecule has 0 aromatic heterocycles. The molecule has 2 heteroatoms. The normalized spacial score (nSPS) is 36.0. The molecule has 0 aliphatic carbocycles. The van der Waals surface area contributed by atoms with Crippen molar-refractivity contribution < 1.29 is 4.74 Å². The Balaban J connectivity index is 2.34. The molecule has 1 aliphatic heterocycles. The van der Waals surface area contributed by atoms with Crippen LogP contribution in [0.1, 0.15) is 13.8 Å². The van der Waals surface area contributed by atoms with Gasteiger partial charge in [-0.15, -0.1) is 0 Å². The van der Waals surface area contributed by atoms with Gasteiger partial charge in [0.2, 0.25) is 0 Å². The highest BCUT2D eigenvalue weighted by Gasteiger charge is 2.42. The molecule has 0 bridgehead atoms. The van der Waals surface area contributed by atoms with Crippen molar-refractivity contribution in [2.24, 2.45) is 0 Å². The third-order valence-corrected chi connectivity index (χ3v) is 1.84. The summed E-state index contributed by atoms with van der Waals surface area (Å²) >= 11 is 0. The summed E-state index contributed by atoms with van der Waals surface area (Å²) in [5.41, 5.74) is 0.0920. The fourth-order valence-electron chi connectivity index (χ4n) is 0.659. The molecule has 8 heavy (non-hydrogen) atoms. The van der Waals surface area contributed by atoms with Gasteiger partial charge >= 0.3 is 0 Å². The molecule has 1 unspecified atom stereocenters. The van der Waals surface area contributed by atoms with Crippen molar-refractivity contribution in [2.75, 3.05) is 20.2 Å². The Kier molecular flexibility index (Phi) is 1.29. The summed E-state index contributed by atoms with van der Waals surface area (Å²) in [5.74, 6) is 0. The van der Waals surface area contributed by atoms with E-state index in [1.54, 1.807) is 0 Å². The molecule has 1 fully saturated rings. The first kappa shape index (κ1) is 6.05. The molecule has 0 aromatic carbocycles. The van der Waals surface area contributed by atoms with Crippen LogP contribution in [0.5, 0.6) is 0 Å². The minimum absolute atomic E-state index is 0.0920. The molecule has 0 spiro atoms. The zero-order valence-corrected chi connectivity index (χ0v) is 5.77. The van der Waals surface area contributed by atoms with Gasteiger partial charge in [0.1, 0.15) is 5.72 Å². The number of likely N-dealkylation sites (N-methyl/N-ethyl adjacent to an activating group) is 1. The topological polar surface area (TPSA) is 15.8 Å². The second-order valence-electron chi connectivity index (χ2n) is 2.48. The van der Waals surface area contributed by atoms with Crippen molar-refractivity contribution in [2.45, 2.75) is 19.6 Å². The number of epoxide rings is 1. The number of hydrogen-bond acceptors (Lipinski definition) is 2. The summed E-state index contributed by atoms with van der Waals surface area (Å²) < 4.78 is 5.17. The molecular weight excluding hydrogens is 102 g/mol. The second kappa shape index (κ2) is 1.71. The summed E-state index contributed by atoms with van der Waals surface area (Å²) in [6.45, 7) is 6.21. The fourth-order valence-corrected chi connectivity index (χ4v) is 0.659. The zero-order valence-electron chi connectivity index (χ0n) is 5.77. The predicted molar refractivity (Wildman–Crippen MR) is 32.7 cm³/mol. The van der Waals surface area contributed by atoms with E-state index >= 15 is 0 Å². The van der Waals surface area contributed by atoms with Crippen LogP contribution in [0.25, 0.3) is 0 Å². The van der Waals surface area contributed by atoms with E-state index in [2.05, 4.69) is 25.8 Å². The minimum atomic E-state index is 0.0920. The zero-order chi connectivity index (χ0) is 6.20. The van der Waals surface area contributed by atoms with Crippen LogP contribution in [0.15, 0.2) is 0 Å². The first-order valence-corrected chi connectivity index (χ1v) is 3.04. The predicted octanol–water partition coefficient (Wildman–Crippen LogP) is 0.684. The Morgan fingerprint density at radius 1 is 1.75 bits per heavy atom. The van der Waals surface area contributed by atoms with E-state index in [0.29, 0.717) is 0 Å². The Morgan fingerprint density at radius 2 is 2.25 bits per heavy atom. The third kappa shape index (κ3) is 0.858. The largest absolute Gasteiger partial charge is 0.354 e. The highest BCUT2D eigenvalue weighted by Crippen LogP contribution is 2.28.